The molecule has 3 aromatic rings. The predicted octanol–water partition coefficient (Wildman–Crippen LogP) is 3.33. The zero-order valence-electron chi connectivity index (χ0n) is 16.6. The fourth-order valence-corrected chi connectivity index (χ4v) is 4.13. The molecule has 0 spiro atoms. The first kappa shape index (κ1) is 21.8. The van der Waals surface area contributed by atoms with E-state index in [2.05, 4.69) is 26.8 Å². The summed E-state index contributed by atoms with van der Waals surface area (Å²) in [4.78, 5) is 25.0. The first-order chi connectivity index (χ1) is 14.1. The Morgan fingerprint density at radius 3 is 2.17 bits per heavy atom. The maximum atomic E-state index is 12.6. The molecule has 3 rings (SSSR count). The van der Waals surface area contributed by atoms with Gasteiger partial charge in [-0.05, 0) is 62.4 Å². The van der Waals surface area contributed by atoms with Gasteiger partial charge in [0.1, 0.15) is 0 Å². The predicted molar refractivity (Wildman–Crippen MR) is 117 cm³/mol. The van der Waals surface area contributed by atoms with Crippen molar-refractivity contribution in [3.8, 4) is 5.69 Å². The van der Waals surface area contributed by atoms with Crippen LogP contribution in [-0.4, -0.2) is 31.1 Å². The maximum Gasteiger partial charge on any atom is 0.271 e. The minimum absolute atomic E-state index is 0.114. The number of halogens is 1. The molecule has 0 unspecified atom stereocenters. The lowest BCUT2D eigenvalue weighted by molar-refractivity contribution is 0.0846. The molecular weight excluding hydrogens is 470 g/mol. The molecular formula is C21H20BrN3O4S. The van der Waals surface area contributed by atoms with E-state index in [0.717, 1.165) is 27.8 Å². The van der Waals surface area contributed by atoms with Crippen LogP contribution in [-0.2, 0) is 9.84 Å². The van der Waals surface area contributed by atoms with E-state index in [4.69, 9.17) is 0 Å². The number of sulfone groups is 1. The van der Waals surface area contributed by atoms with Crippen molar-refractivity contribution in [1.29, 1.82) is 0 Å². The molecule has 0 radical (unpaired) electrons. The van der Waals surface area contributed by atoms with Gasteiger partial charge in [-0.3, -0.25) is 20.4 Å². The summed E-state index contributed by atoms with van der Waals surface area (Å²) in [7, 11) is -3.35. The number of hydrazine groups is 1. The number of nitrogens with one attached hydrogen (secondary N) is 2. The van der Waals surface area contributed by atoms with Crippen LogP contribution in [0.3, 0.4) is 0 Å². The van der Waals surface area contributed by atoms with Crippen LogP contribution in [0.5, 0.6) is 0 Å². The van der Waals surface area contributed by atoms with E-state index in [-0.39, 0.29) is 10.5 Å². The second-order valence-corrected chi connectivity index (χ2v) is 9.74. The topological polar surface area (TPSA) is 97.3 Å². The number of aromatic nitrogens is 1. The van der Waals surface area contributed by atoms with Crippen LogP contribution in [0.25, 0.3) is 5.69 Å². The molecule has 0 aliphatic carbocycles. The highest BCUT2D eigenvalue weighted by Crippen LogP contribution is 2.23. The van der Waals surface area contributed by atoms with Crippen molar-refractivity contribution in [3.05, 3.63) is 81.6 Å². The Bertz CT molecular complexity index is 1230. The van der Waals surface area contributed by atoms with Crippen molar-refractivity contribution >= 4 is 37.6 Å². The molecule has 9 heteroatoms. The number of hydrogen-bond donors (Lipinski definition) is 2. The molecule has 0 saturated carbocycles. The van der Waals surface area contributed by atoms with Crippen molar-refractivity contribution in [2.24, 2.45) is 0 Å². The minimum atomic E-state index is -3.35. The van der Waals surface area contributed by atoms with Crippen LogP contribution in [0.2, 0.25) is 0 Å². The third-order valence-corrected chi connectivity index (χ3v) is 6.20. The van der Waals surface area contributed by atoms with Gasteiger partial charge < -0.3 is 4.57 Å². The average molecular weight is 490 g/mol. The number of benzene rings is 2. The number of hydrogen-bond acceptors (Lipinski definition) is 4. The van der Waals surface area contributed by atoms with Crippen molar-refractivity contribution in [2.75, 3.05) is 6.26 Å². The Balaban J connectivity index is 1.74. The third kappa shape index (κ3) is 4.63. The highest BCUT2D eigenvalue weighted by atomic mass is 79.9. The van der Waals surface area contributed by atoms with Gasteiger partial charge in [0.15, 0.2) is 9.84 Å². The lowest BCUT2D eigenvalue weighted by Gasteiger charge is -2.11. The lowest BCUT2D eigenvalue weighted by Crippen LogP contribution is -2.41. The van der Waals surface area contributed by atoms with Gasteiger partial charge in [0, 0.05) is 33.4 Å². The largest absolute Gasteiger partial charge is 0.318 e. The molecule has 30 heavy (non-hydrogen) atoms. The first-order valence-electron chi connectivity index (χ1n) is 8.93. The normalized spacial score (nSPS) is 11.2. The molecule has 156 valence electrons. The zero-order chi connectivity index (χ0) is 22.1. The maximum absolute atomic E-state index is 12.6. The second-order valence-electron chi connectivity index (χ2n) is 6.80. The van der Waals surface area contributed by atoms with Gasteiger partial charge in [-0.15, -0.1) is 0 Å². The summed E-state index contributed by atoms with van der Waals surface area (Å²) in [6, 6.07) is 14.9. The number of amides is 2. The van der Waals surface area contributed by atoms with E-state index < -0.39 is 21.7 Å². The summed E-state index contributed by atoms with van der Waals surface area (Å²) in [5.41, 5.74) is 7.93. The standard InChI is InChI=1S/C21H20BrN3O4S/c1-13-11-19(14(2)25(13)17-6-4-5-16(22)12-17)21(27)24-23-20(26)15-7-9-18(10-8-15)30(3,28)29/h4-12H,1-3H3,(H,23,26)(H,24,27). The van der Waals surface area contributed by atoms with Crippen molar-refractivity contribution < 1.29 is 18.0 Å². The van der Waals surface area contributed by atoms with Crippen LogP contribution in [0, 0.1) is 13.8 Å². The van der Waals surface area contributed by atoms with Crippen molar-refractivity contribution in [3.63, 3.8) is 0 Å². The van der Waals surface area contributed by atoms with Crippen LogP contribution in [0.1, 0.15) is 32.1 Å². The molecule has 1 aromatic heterocycles. The number of nitrogens with zero attached hydrogens (tertiary/aromatic N) is 1. The quantitative estimate of drug-likeness (QED) is 0.549. The van der Waals surface area contributed by atoms with E-state index in [1.807, 2.05) is 42.7 Å². The summed E-state index contributed by atoms with van der Waals surface area (Å²) in [6.45, 7) is 3.72. The van der Waals surface area contributed by atoms with Gasteiger partial charge in [0.25, 0.3) is 11.8 Å². The van der Waals surface area contributed by atoms with Crippen LogP contribution < -0.4 is 10.9 Å². The third-order valence-electron chi connectivity index (χ3n) is 4.58. The van der Waals surface area contributed by atoms with Crippen molar-refractivity contribution in [2.45, 2.75) is 18.7 Å². The highest BCUT2D eigenvalue weighted by molar-refractivity contribution is 9.10. The molecule has 2 aromatic carbocycles. The molecule has 2 amide bonds. The van der Waals surface area contributed by atoms with Crippen LogP contribution >= 0.6 is 15.9 Å². The molecule has 0 aliphatic heterocycles. The van der Waals surface area contributed by atoms with Crippen molar-refractivity contribution in [1.82, 2.24) is 15.4 Å². The summed E-state index contributed by atoms with van der Waals surface area (Å²) < 4.78 is 25.9. The molecule has 1 heterocycles. The number of carbonyl (C=O) groups excluding carboxylic acids is 2. The summed E-state index contributed by atoms with van der Waals surface area (Å²) in [6.07, 6.45) is 1.09. The fourth-order valence-electron chi connectivity index (χ4n) is 3.11. The fraction of sp³-hybridized carbons (Fsp3) is 0.143. The molecule has 0 fully saturated rings. The Hall–Kier alpha value is -2.91. The van der Waals surface area contributed by atoms with Crippen LogP contribution in [0.4, 0.5) is 0 Å². The van der Waals surface area contributed by atoms with E-state index in [1.54, 1.807) is 6.07 Å². The molecule has 0 aliphatic rings. The van der Waals surface area contributed by atoms with Gasteiger partial charge in [-0.2, -0.15) is 0 Å². The SMILES string of the molecule is Cc1cc(C(=O)NNC(=O)c2ccc(S(C)(=O)=O)cc2)c(C)n1-c1cccc(Br)c1. The van der Waals surface area contributed by atoms with Gasteiger partial charge in [0.05, 0.1) is 10.5 Å². The Kier molecular flexibility index (Phi) is 6.14. The Morgan fingerprint density at radius 2 is 1.57 bits per heavy atom. The van der Waals surface area contributed by atoms with E-state index in [1.165, 1.54) is 24.3 Å². The summed E-state index contributed by atoms with van der Waals surface area (Å²) in [5.74, 6) is -1.00. The lowest BCUT2D eigenvalue weighted by atomic mass is 10.2. The van der Waals surface area contributed by atoms with Gasteiger partial charge in [-0.25, -0.2) is 8.42 Å². The van der Waals surface area contributed by atoms with Gasteiger partial charge >= 0.3 is 0 Å². The van der Waals surface area contributed by atoms with E-state index in [9.17, 15) is 18.0 Å². The molecule has 7 nitrogen and oxygen atoms in total. The molecule has 0 bridgehead atoms. The smallest absolute Gasteiger partial charge is 0.271 e. The highest BCUT2D eigenvalue weighted by Gasteiger charge is 2.18. The number of aryl methyl sites for hydroxylation is 1. The average Bonchev–Trinajstić information content (AvgIpc) is 2.99. The molecule has 0 atom stereocenters. The van der Waals surface area contributed by atoms with E-state index >= 15 is 0 Å². The Morgan fingerprint density at radius 1 is 0.933 bits per heavy atom. The first-order valence-corrected chi connectivity index (χ1v) is 11.6. The number of rotatable bonds is 4. The molecule has 2 N–H and O–H groups in total. The van der Waals surface area contributed by atoms with E-state index in [0.29, 0.717) is 5.56 Å². The molecule has 0 saturated heterocycles. The van der Waals surface area contributed by atoms with Gasteiger partial charge in [0.2, 0.25) is 0 Å². The minimum Gasteiger partial charge on any atom is -0.318 e. The summed E-state index contributed by atoms with van der Waals surface area (Å²) in [5, 5.41) is 0. The number of carbonyl (C=O) groups is 2. The summed E-state index contributed by atoms with van der Waals surface area (Å²) >= 11 is 3.45. The second kappa shape index (κ2) is 8.45. The monoisotopic (exact) mass is 489 g/mol. The zero-order valence-corrected chi connectivity index (χ0v) is 19.0. The van der Waals surface area contributed by atoms with Crippen LogP contribution in [0.15, 0.2) is 64.0 Å². The van der Waals surface area contributed by atoms with Gasteiger partial charge in [-0.1, -0.05) is 22.0 Å². The Labute approximate surface area is 183 Å².